The van der Waals surface area contributed by atoms with Gasteiger partial charge in [-0.2, -0.15) is 0 Å². The van der Waals surface area contributed by atoms with Crippen molar-refractivity contribution in [3.05, 3.63) is 0 Å². The Morgan fingerprint density at radius 3 is 1.81 bits per heavy atom. The second-order valence-corrected chi connectivity index (χ2v) is 4.52. The Morgan fingerprint density at radius 1 is 1.12 bits per heavy atom. The number of nitrogens with one attached hydrogen (secondary N) is 1. The zero-order valence-corrected chi connectivity index (χ0v) is 11.4. The van der Waals surface area contributed by atoms with Gasteiger partial charge in [0, 0.05) is 35.2 Å². The van der Waals surface area contributed by atoms with Gasteiger partial charge in [0.1, 0.15) is 6.04 Å². The summed E-state index contributed by atoms with van der Waals surface area (Å²) in [4.78, 5) is 20.0. The molecule has 0 saturated carbocycles. The average Bonchev–Trinajstić information content (AvgIpc) is 2.15. The average molecular weight is 228 g/mol. The van der Waals surface area contributed by atoms with E-state index in [0.29, 0.717) is 0 Å². The fourth-order valence-corrected chi connectivity index (χ4v) is 1.41. The molecule has 0 aliphatic rings. The molecule has 0 rings (SSSR count). The zero-order chi connectivity index (χ0) is 12.9. The van der Waals surface area contributed by atoms with Gasteiger partial charge in [-0.3, -0.25) is 4.79 Å². The summed E-state index contributed by atoms with van der Waals surface area (Å²) in [6, 6.07) is -0.343. The number of guanidine groups is 1. The smallest absolute Gasteiger partial charge is 0.244 e. The van der Waals surface area contributed by atoms with Crippen LogP contribution in [0.5, 0.6) is 0 Å². The number of amides is 1. The van der Waals surface area contributed by atoms with E-state index in [1.807, 2.05) is 51.8 Å². The lowest BCUT2D eigenvalue weighted by atomic mass is 10.0. The molecule has 5 heteroatoms. The van der Waals surface area contributed by atoms with Gasteiger partial charge in [0.15, 0.2) is 5.96 Å². The summed E-state index contributed by atoms with van der Waals surface area (Å²) in [5.41, 5.74) is 0. The fourth-order valence-electron chi connectivity index (χ4n) is 1.41. The first-order chi connectivity index (χ1) is 7.31. The molecule has 0 bridgehead atoms. The van der Waals surface area contributed by atoms with E-state index in [0.717, 1.165) is 5.96 Å². The van der Waals surface area contributed by atoms with Crippen LogP contribution >= 0.6 is 0 Å². The molecule has 0 aromatic rings. The molecule has 0 spiro atoms. The van der Waals surface area contributed by atoms with Gasteiger partial charge < -0.3 is 15.1 Å². The quantitative estimate of drug-likeness (QED) is 0.556. The maximum atomic E-state index is 11.7. The molecular weight excluding hydrogens is 204 g/mol. The van der Waals surface area contributed by atoms with Crippen LogP contribution in [0.2, 0.25) is 0 Å². The molecule has 94 valence electrons. The lowest BCUT2D eigenvalue weighted by Gasteiger charge is -2.25. The Kier molecular flexibility index (Phi) is 5.85. The first-order valence-corrected chi connectivity index (χ1v) is 5.45. The van der Waals surface area contributed by atoms with E-state index in [1.54, 1.807) is 7.05 Å². The lowest BCUT2D eigenvalue weighted by molar-refractivity contribution is -0.122. The Labute approximate surface area is 98.5 Å². The Hall–Kier alpha value is -1.26. The minimum absolute atomic E-state index is 0.0452. The van der Waals surface area contributed by atoms with E-state index >= 15 is 0 Å². The van der Waals surface area contributed by atoms with Crippen molar-refractivity contribution in [3.63, 3.8) is 0 Å². The largest absolute Gasteiger partial charge is 0.357 e. The Morgan fingerprint density at radius 2 is 1.56 bits per heavy atom. The minimum atomic E-state index is -0.343. The van der Waals surface area contributed by atoms with Gasteiger partial charge in [-0.05, 0) is 5.92 Å². The third kappa shape index (κ3) is 4.08. The van der Waals surface area contributed by atoms with Crippen molar-refractivity contribution in [3.8, 4) is 0 Å². The van der Waals surface area contributed by atoms with Crippen LogP contribution in [0.1, 0.15) is 13.8 Å². The number of aliphatic imine (C=N–C) groups is 1. The van der Waals surface area contributed by atoms with Gasteiger partial charge >= 0.3 is 0 Å². The molecule has 1 N–H and O–H groups in total. The molecule has 0 aromatic heterocycles. The zero-order valence-electron chi connectivity index (χ0n) is 11.4. The van der Waals surface area contributed by atoms with E-state index in [4.69, 9.17) is 0 Å². The molecule has 1 amide bonds. The summed E-state index contributed by atoms with van der Waals surface area (Å²) < 4.78 is 0. The van der Waals surface area contributed by atoms with Crippen LogP contribution in [0.25, 0.3) is 0 Å². The predicted octanol–water partition coefficient (Wildman–Crippen LogP) is 0.236. The number of rotatable bonds is 3. The topological polar surface area (TPSA) is 47.9 Å². The first-order valence-electron chi connectivity index (χ1n) is 5.45. The number of nitrogens with zero attached hydrogens (tertiary/aromatic N) is 3. The number of likely N-dealkylation sites (N-methyl/N-ethyl adjacent to an activating group) is 1. The highest BCUT2D eigenvalue weighted by molar-refractivity contribution is 5.87. The Bertz CT molecular complexity index is 249. The van der Waals surface area contributed by atoms with E-state index in [2.05, 4.69) is 10.3 Å². The van der Waals surface area contributed by atoms with E-state index in [9.17, 15) is 4.79 Å². The Balaban J connectivity index is 5.07. The van der Waals surface area contributed by atoms with Gasteiger partial charge in [-0.25, -0.2) is 4.99 Å². The maximum absolute atomic E-state index is 11.7. The maximum Gasteiger partial charge on any atom is 0.244 e. The monoisotopic (exact) mass is 228 g/mol. The normalized spacial score (nSPS) is 12.0. The van der Waals surface area contributed by atoms with Crippen molar-refractivity contribution >= 4 is 11.9 Å². The van der Waals surface area contributed by atoms with Crippen LogP contribution in [0.15, 0.2) is 4.99 Å². The van der Waals surface area contributed by atoms with Crippen LogP contribution in [-0.4, -0.2) is 62.9 Å². The fraction of sp³-hybridized carbons (Fsp3) is 0.818. The number of carbonyl (C=O) groups excluding carboxylic acids is 1. The number of hydrogen-bond donors (Lipinski definition) is 1. The molecule has 0 aliphatic heterocycles. The second kappa shape index (κ2) is 6.35. The summed E-state index contributed by atoms with van der Waals surface area (Å²) in [5, 5.41) is 2.65. The molecular formula is C11H24N4O. The highest BCUT2D eigenvalue weighted by atomic mass is 16.2. The minimum Gasteiger partial charge on any atom is -0.357 e. The van der Waals surface area contributed by atoms with Crippen LogP contribution in [-0.2, 0) is 4.79 Å². The summed E-state index contributed by atoms with van der Waals surface area (Å²) in [6.07, 6.45) is 0. The molecule has 0 aromatic carbocycles. The SMILES string of the molecule is CNC(=O)C(N=C(N(C)C)N(C)C)C(C)C. The van der Waals surface area contributed by atoms with E-state index < -0.39 is 0 Å². The third-order valence-corrected chi connectivity index (χ3v) is 2.20. The summed E-state index contributed by atoms with van der Waals surface area (Å²) in [6.45, 7) is 3.98. The predicted molar refractivity (Wildman–Crippen MR) is 67.5 cm³/mol. The molecule has 1 atom stereocenters. The standard InChI is InChI=1S/C11H24N4O/c1-8(2)9(10(16)12-3)13-11(14(4)5)15(6)7/h8-9H,1-7H3,(H,12,16). The van der Waals surface area contributed by atoms with Crippen LogP contribution in [0.3, 0.4) is 0 Å². The molecule has 0 fully saturated rings. The van der Waals surface area contributed by atoms with Gasteiger partial charge in [-0.15, -0.1) is 0 Å². The summed E-state index contributed by atoms with van der Waals surface area (Å²) in [5.74, 6) is 0.924. The van der Waals surface area contributed by atoms with Crippen molar-refractivity contribution < 1.29 is 4.79 Å². The highest BCUT2D eigenvalue weighted by Crippen LogP contribution is 2.08. The highest BCUT2D eigenvalue weighted by Gasteiger charge is 2.22. The van der Waals surface area contributed by atoms with Crippen molar-refractivity contribution in [2.45, 2.75) is 19.9 Å². The van der Waals surface area contributed by atoms with Crippen molar-refractivity contribution in [1.82, 2.24) is 15.1 Å². The molecule has 0 radical (unpaired) electrons. The van der Waals surface area contributed by atoms with Gasteiger partial charge in [0.05, 0.1) is 0 Å². The summed E-state index contributed by atoms with van der Waals surface area (Å²) >= 11 is 0. The second-order valence-electron chi connectivity index (χ2n) is 4.52. The van der Waals surface area contributed by atoms with Gasteiger partial charge in [-0.1, -0.05) is 13.8 Å². The number of hydrogen-bond acceptors (Lipinski definition) is 2. The molecule has 0 aliphatic carbocycles. The molecule has 0 heterocycles. The third-order valence-electron chi connectivity index (χ3n) is 2.20. The van der Waals surface area contributed by atoms with Gasteiger partial charge in [0.25, 0.3) is 0 Å². The van der Waals surface area contributed by atoms with E-state index in [-0.39, 0.29) is 17.9 Å². The van der Waals surface area contributed by atoms with E-state index in [1.165, 1.54) is 0 Å². The van der Waals surface area contributed by atoms with Crippen LogP contribution < -0.4 is 5.32 Å². The summed E-state index contributed by atoms with van der Waals surface area (Å²) in [7, 11) is 9.30. The van der Waals surface area contributed by atoms with Gasteiger partial charge in [0.2, 0.25) is 5.91 Å². The first kappa shape index (κ1) is 14.7. The van der Waals surface area contributed by atoms with Crippen molar-refractivity contribution in [2.75, 3.05) is 35.2 Å². The molecule has 5 nitrogen and oxygen atoms in total. The van der Waals surface area contributed by atoms with Crippen molar-refractivity contribution in [1.29, 1.82) is 0 Å². The molecule has 0 saturated heterocycles. The molecule has 16 heavy (non-hydrogen) atoms. The van der Waals surface area contributed by atoms with Crippen molar-refractivity contribution in [2.24, 2.45) is 10.9 Å². The number of carbonyl (C=O) groups is 1. The molecule has 1 unspecified atom stereocenters. The van der Waals surface area contributed by atoms with Crippen LogP contribution in [0, 0.1) is 5.92 Å². The van der Waals surface area contributed by atoms with Crippen LogP contribution in [0.4, 0.5) is 0 Å². The lowest BCUT2D eigenvalue weighted by Crippen LogP contribution is -2.41.